The maximum Gasteiger partial charge on any atom is 0.256 e. The quantitative estimate of drug-likeness (QED) is 0.0858. The van der Waals surface area contributed by atoms with Gasteiger partial charge in [-0.05, 0) is 32.1 Å². The zero-order chi connectivity index (χ0) is 25.2. The molecule has 206 valence electrons. The highest BCUT2D eigenvalue weighted by atomic mass is 15.1. The summed E-state index contributed by atoms with van der Waals surface area (Å²) in [4.78, 5) is 0. The molecule has 0 bridgehead atoms. The number of imidazole rings is 1. The molecule has 0 aliphatic rings. The molecule has 0 aromatic carbocycles. The summed E-state index contributed by atoms with van der Waals surface area (Å²) < 4.78 is 5.20. The first-order valence-corrected chi connectivity index (χ1v) is 16.4. The van der Waals surface area contributed by atoms with Crippen LogP contribution in [0.5, 0.6) is 0 Å². The molecule has 0 aliphatic carbocycles. The van der Waals surface area contributed by atoms with Gasteiger partial charge in [0.25, 0.3) is 5.82 Å². The van der Waals surface area contributed by atoms with E-state index in [1.54, 1.807) is 5.82 Å². The van der Waals surface area contributed by atoms with E-state index >= 15 is 0 Å². The Balaban J connectivity index is 2.24. The number of aromatic nitrogens is 2. The number of nitrogens with zero attached hydrogens (tertiary/aromatic N) is 2. The molecule has 0 saturated carbocycles. The first-order chi connectivity index (χ1) is 17.3. The molecule has 0 fully saturated rings. The van der Waals surface area contributed by atoms with Crippen LogP contribution in [-0.4, -0.2) is 4.57 Å². The maximum absolute atomic E-state index is 2.60. The van der Waals surface area contributed by atoms with Gasteiger partial charge in [-0.1, -0.05) is 143 Å². The van der Waals surface area contributed by atoms with E-state index in [0.717, 1.165) is 0 Å². The smallest absolute Gasteiger partial charge is 0.234 e. The van der Waals surface area contributed by atoms with Gasteiger partial charge < -0.3 is 0 Å². The summed E-state index contributed by atoms with van der Waals surface area (Å²) in [6, 6.07) is 0. The number of rotatable bonds is 27. The van der Waals surface area contributed by atoms with Gasteiger partial charge in [-0.2, -0.15) is 0 Å². The Labute approximate surface area is 221 Å². The van der Waals surface area contributed by atoms with Crippen molar-refractivity contribution in [1.82, 2.24) is 4.57 Å². The van der Waals surface area contributed by atoms with Gasteiger partial charge in [0.1, 0.15) is 12.4 Å². The van der Waals surface area contributed by atoms with Gasteiger partial charge in [0, 0.05) is 6.42 Å². The number of hydrogen-bond donors (Lipinski definition) is 0. The van der Waals surface area contributed by atoms with Crippen LogP contribution >= 0.6 is 0 Å². The van der Waals surface area contributed by atoms with Crippen molar-refractivity contribution in [2.75, 3.05) is 0 Å². The molecular formula is C33H65N2+. The summed E-state index contributed by atoms with van der Waals surface area (Å²) >= 11 is 0. The first kappa shape index (κ1) is 32.2. The monoisotopic (exact) mass is 490 g/mol. The van der Waals surface area contributed by atoms with Gasteiger partial charge >= 0.3 is 0 Å². The van der Waals surface area contributed by atoms with Crippen molar-refractivity contribution in [1.29, 1.82) is 0 Å². The van der Waals surface area contributed by atoms with Crippen LogP contribution in [0.1, 0.15) is 181 Å². The number of aryl methyl sites for hydroxylation is 2. The molecule has 1 heterocycles. The summed E-state index contributed by atoms with van der Waals surface area (Å²) in [6.07, 6.45) is 40.0. The second-order valence-corrected chi connectivity index (χ2v) is 11.3. The molecule has 1 rings (SSSR count). The summed E-state index contributed by atoms with van der Waals surface area (Å²) in [5, 5.41) is 0. The second-order valence-electron chi connectivity index (χ2n) is 11.3. The highest BCUT2D eigenvalue weighted by Crippen LogP contribution is 2.14. The lowest BCUT2D eigenvalue weighted by molar-refractivity contribution is -0.704. The average molecular weight is 490 g/mol. The van der Waals surface area contributed by atoms with E-state index < -0.39 is 0 Å². The van der Waals surface area contributed by atoms with E-state index in [4.69, 9.17) is 0 Å². The van der Waals surface area contributed by atoms with Gasteiger partial charge in [-0.15, -0.1) is 0 Å². The van der Waals surface area contributed by atoms with Crippen LogP contribution in [0, 0.1) is 0 Å². The van der Waals surface area contributed by atoms with E-state index in [-0.39, 0.29) is 0 Å². The van der Waals surface area contributed by atoms with Crippen LogP contribution < -0.4 is 4.57 Å². The van der Waals surface area contributed by atoms with E-state index in [2.05, 4.69) is 42.3 Å². The molecule has 0 N–H and O–H groups in total. The van der Waals surface area contributed by atoms with Crippen molar-refractivity contribution in [3.8, 4) is 0 Å². The SMILES string of the molecule is CCCCCCCCCCCCCCCc1n(CCCCCCCCC)cc[n+]1CCCCCC. The van der Waals surface area contributed by atoms with Crippen LogP contribution in [0.3, 0.4) is 0 Å². The van der Waals surface area contributed by atoms with Crippen LogP contribution in [0.25, 0.3) is 0 Å². The first-order valence-electron chi connectivity index (χ1n) is 16.4. The molecule has 35 heavy (non-hydrogen) atoms. The molecule has 0 spiro atoms. The standard InChI is InChI=1S/C33H65N2/c1-4-7-10-13-15-16-17-18-19-20-21-23-25-28-33-34(29-26-12-9-6-3)31-32-35(33)30-27-24-22-14-11-8-5-2/h31-32H,4-30H2,1-3H3/q+1. The van der Waals surface area contributed by atoms with E-state index in [1.165, 1.54) is 174 Å². The van der Waals surface area contributed by atoms with Crippen molar-refractivity contribution >= 4 is 0 Å². The molecule has 0 amide bonds. The van der Waals surface area contributed by atoms with Gasteiger partial charge in [0.05, 0.1) is 13.1 Å². The Morgan fingerprint density at radius 1 is 0.486 bits per heavy atom. The lowest BCUT2D eigenvalue weighted by atomic mass is 10.0. The maximum atomic E-state index is 2.60. The molecule has 0 saturated heterocycles. The lowest BCUT2D eigenvalue weighted by Gasteiger charge is -2.07. The minimum Gasteiger partial charge on any atom is -0.234 e. The van der Waals surface area contributed by atoms with Gasteiger partial charge in [-0.25, -0.2) is 9.13 Å². The third kappa shape index (κ3) is 18.2. The Kier molecular flexibility index (Phi) is 22.9. The molecule has 2 heteroatoms. The molecule has 0 radical (unpaired) electrons. The molecular weight excluding hydrogens is 424 g/mol. The molecule has 2 nitrogen and oxygen atoms in total. The summed E-state index contributed by atoms with van der Waals surface area (Å²) in [7, 11) is 0. The Morgan fingerprint density at radius 2 is 0.886 bits per heavy atom. The second kappa shape index (κ2) is 24.9. The van der Waals surface area contributed by atoms with Crippen molar-refractivity contribution in [2.45, 2.75) is 194 Å². The third-order valence-electron chi connectivity index (χ3n) is 7.85. The summed E-state index contributed by atoms with van der Waals surface area (Å²) in [6.45, 7) is 9.37. The summed E-state index contributed by atoms with van der Waals surface area (Å²) in [5.41, 5.74) is 0. The van der Waals surface area contributed by atoms with Crippen molar-refractivity contribution in [2.24, 2.45) is 0 Å². The normalized spacial score (nSPS) is 11.5. The fourth-order valence-electron chi connectivity index (χ4n) is 5.44. The molecule has 0 aliphatic heterocycles. The van der Waals surface area contributed by atoms with Crippen LogP contribution in [0.15, 0.2) is 12.4 Å². The van der Waals surface area contributed by atoms with Crippen molar-refractivity contribution in [3.05, 3.63) is 18.2 Å². The predicted molar refractivity (Wildman–Crippen MR) is 156 cm³/mol. The number of unbranched alkanes of at least 4 members (excludes halogenated alkanes) is 21. The average Bonchev–Trinajstić information content (AvgIpc) is 3.25. The highest BCUT2D eigenvalue weighted by molar-refractivity contribution is 4.84. The van der Waals surface area contributed by atoms with Crippen molar-refractivity contribution in [3.63, 3.8) is 0 Å². The van der Waals surface area contributed by atoms with Gasteiger partial charge in [0.15, 0.2) is 0 Å². The Hall–Kier alpha value is -0.790. The Bertz CT molecular complexity index is 547. The fraction of sp³-hybridized carbons (Fsp3) is 0.909. The van der Waals surface area contributed by atoms with Crippen LogP contribution in [0.4, 0.5) is 0 Å². The highest BCUT2D eigenvalue weighted by Gasteiger charge is 2.16. The zero-order valence-electron chi connectivity index (χ0n) is 24.6. The van der Waals surface area contributed by atoms with E-state index in [9.17, 15) is 0 Å². The fourth-order valence-corrected chi connectivity index (χ4v) is 5.44. The third-order valence-corrected chi connectivity index (χ3v) is 7.85. The largest absolute Gasteiger partial charge is 0.256 e. The van der Waals surface area contributed by atoms with Crippen LogP contribution in [0.2, 0.25) is 0 Å². The minimum atomic E-state index is 1.22. The number of hydrogen-bond acceptors (Lipinski definition) is 0. The van der Waals surface area contributed by atoms with Crippen molar-refractivity contribution < 1.29 is 4.57 Å². The van der Waals surface area contributed by atoms with E-state index in [0.29, 0.717) is 0 Å². The molecule has 1 aromatic heterocycles. The zero-order valence-corrected chi connectivity index (χ0v) is 24.6. The van der Waals surface area contributed by atoms with Gasteiger partial charge in [-0.3, -0.25) is 0 Å². The molecule has 0 atom stereocenters. The Morgan fingerprint density at radius 3 is 1.37 bits per heavy atom. The topological polar surface area (TPSA) is 8.81 Å². The molecule has 1 aromatic rings. The lowest BCUT2D eigenvalue weighted by Crippen LogP contribution is -2.37. The van der Waals surface area contributed by atoms with Gasteiger partial charge in [0.2, 0.25) is 0 Å². The van der Waals surface area contributed by atoms with Crippen LogP contribution in [-0.2, 0) is 19.5 Å². The minimum absolute atomic E-state index is 1.22. The summed E-state index contributed by atoms with van der Waals surface area (Å²) in [5.74, 6) is 1.61. The van der Waals surface area contributed by atoms with E-state index in [1.807, 2.05) is 0 Å². The molecule has 0 unspecified atom stereocenters. The predicted octanol–water partition coefficient (Wildman–Crippen LogP) is 10.7.